The Balaban J connectivity index is 1.94. The van der Waals surface area contributed by atoms with Crippen LogP contribution in [0.2, 0.25) is 0 Å². The predicted octanol–water partition coefficient (Wildman–Crippen LogP) is 2.84. The summed E-state index contributed by atoms with van der Waals surface area (Å²) in [6, 6.07) is 4.12. The molecule has 0 aliphatic heterocycles. The van der Waals surface area contributed by atoms with Gasteiger partial charge in [-0.25, -0.2) is 13.9 Å². The van der Waals surface area contributed by atoms with Gasteiger partial charge in [-0.3, -0.25) is 0 Å². The molecular formula is C18H25FN4O2. The van der Waals surface area contributed by atoms with Crippen LogP contribution in [0.15, 0.2) is 30.6 Å². The summed E-state index contributed by atoms with van der Waals surface area (Å²) >= 11 is 0. The number of aliphatic hydroxyl groups excluding tert-OH is 1. The topological polar surface area (TPSA) is 79.2 Å². The quantitative estimate of drug-likeness (QED) is 0.720. The summed E-state index contributed by atoms with van der Waals surface area (Å²) in [4.78, 5) is 11.9. The average Bonchev–Trinajstić information content (AvgIpc) is 3.00. The maximum atomic E-state index is 14.4. The largest absolute Gasteiger partial charge is 0.393 e. The molecule has 2 rings (SSSR count). The molecule has 3 N–H and O–H groups in total. The number of carbonyl (C=O) groups excluding carboxylic acids is 1. The average molecular weight is 348 g/mol. The maximum Gasteiger partial charge on any atom is 0.315 e. The van der Waals surface area contributed by atoms with Gasteiger partial charge in [-0.15, -0.1) is 0 Å². The number of hydrogen-bond acceptors (Lipinski definition) is 3. The van der Waals surface area contributed by atoms with E-state index in [-0.39, 0.29) is 12.1 Å². The highest BCUT2D eigenvalue weighted by Crippen LogP contribution is 2.19. The summed E-state index contributed by atoms with van der Waals surface area (Å²) in [6.07, 6.45) is 4.16. The Labute approximate surface area is 147 Å². The number of hydrogen-bond donors (Lipinski definition) is 3. The number of amides is 2. The molecule has 25 heavy (non-hydrogen) atoms. The molecule has 2 unspecified atom stereocenters. The van der Waals surface area contributed by atoms with E-state index in [1.807, 2.05) is 13.8 Å². The molecule has 0 radical (unpaired) electrons. The molecule has 0 saturated carbocycles. The molecule has 1 heterocycles. The van der Waals surface area contributed by atoms with Crippen LogP contribution < -0.4 is 10.6 Å². The van der Waals surface area contributed by atoms with Gasteiger partial charge >= 0.3 is 6.03 Å². The van der Waals surface area contributed by atoms with Gasteiger partial charge in [-0.05, 0) is 49.9 Å². The van der Waals surface area contributed by atoms with Gasteiger partial charge in [0, 0.05) is 12.7 Å². The normalized spacial score (nSPS) is 13.3. The molecule has 0 aliphatic carbocycles. The number of halogens is 1. The fraction of sp³-hybridized carbons (Fsp3) is 0.444. The van der Waals surface area contributed by atoms with Crippen LogP contribution in [0, 0.1) is 12.7 Å². The Morgan fingerprint density at radius 1 is 1.44 bits per heavy atom. The number of carbonyl (C=O) groups is 1. The number of rotatable bonds is 7. The van der Waals surface area contributed by atoms with Gasteiger partial charge in [-0.1, -0.05) is 13.0 Å². The van der Waals surface area contributed by atoms with Gasteiger partial charge in [-0.2, -0.15) is 5.10 Å². The smallest absolute Gasteiger partial charge is 0.315 e. The molecule has 0 saturated heterocycles. The Hall–Kier alpha value is -2.41. The number of aryl methyl sites for hydroxylation is 1. The first kappa shape index (κ1) is 18.9. The standard InChI is InChI=1S/C18H25FN4O2/c1-4-15(24)7-8-20-18(25)22-13(3)14-5-6-17(16(19)9-14)23-11-12(2)10-21-23/h5-6,9-11,13,15,24H,4,7-8H2,1-3H3,(H2,20,22,25). The van der Waals surface area contributed by atoms with Crippen LogP contribution in [0.1, 0.15) is 43.9 Å². The van der Waals surface area contributed by atoms with Gasteiger partial charge in [0.2, 0.25) is 0 Å². The zero-order chi connectivity index (χ0) is 18.4. The van der Waals surface area contributed by atoms with Crippen molar-refractivity contribution in [3.8, 4) is 5.69 Å². The zero-order valence-corrected chi connectivity index (χ0v) is 14.8. The highest BCUT2D eigenvalue weighted by molar-refractivity contribution is 5.74. The van der Waals surface area contributed by atoms with Gasteiger partial charge < -0.3 is 15.7 Å². The van der Waals surface area contributed by atoms with Crippen molar-refractivity contribution in [1.82, 2.24) is 20.4 Å². The lowest BCUT2D eigenvalue weighted by molar-refractivity contribution is 0.160. The molecule has 2 amide bonds. The Morgan fingerprint density at radius 3 is 2.80 bits per heavy atom. The first-order valence-electron chi connectivity index (χ1n) is 8.44. The van der Waals surface area contributed by atoms with E-state index in [0.29, 0.717) is 30.6 Å². The van der Waals surface area contributed by atoms with Gasteiger partial charge in [0.05, 0.1) is 18.3 Å². The van der Waals surface area contributed by atoms with E-state index in [1.54, 1.807) is 31.5 Å². The predicted molar refractivity (Wildman–Crippen MR) is 94.1 cm³/mol. The summed E-state index contributed by atoms with van der Waals surface area (Å²) in [5.74, 6) is -0.402. The second-order valence-corrected chi connectivity index (χ2v) is 6.15. The lowest BCUT2D eigenvalue weighted by atomic mass is 10.1. The van der Waals surface area contributed by atoms with Crippen molar-refractivity contribution in [2.24, 2.45) is 0 Å². The molecular weight excluding hydrogens is 323 g/mol. The minimum atomic E-state index is -0.412. The van der Waals surface area contributed by atoms with E-state index >= 15 is 0 Å². The molecule has 6 nitrogen and oxygen atoms in total. The van der Waals surface area contributed by atoms with E-state index < -0.39 is 11.9 Å². The molecule has 1 aromatic heterocycles. The number of aliphatic hydroxyl groups is 1. The van der Waals surface area contributed by atoms with E-state index in [1.165, 1.54) is 10.7 Å². The number of urea groups is 1. The molecule has 0 fully saturated rings. The number of aromatic nitrogens is 2. The third-order valence-electron chi connectivity index (χ3n) is 4.01. The molecule has 0 bridgehead atoms. The highest BCUT2D eigenvalue weighted by Gasteiger charge is 2.13. The highest BCUT2D eigenvalue weighted by atomic mass is 19.1. The number of nitrogens with zero attached hydrogens (tertiary/aromatic N) is 2. The van der Waals surface area contributed by atoms with Crippen LogP contribution in [0.3, 0.4) is 0 Å². The summed E-state index contributed by atoms with van der Waals surface area (Å²) in [6.45, 7) is 5.95. The lowest BCUT2D eigenvalue weighted by Gasteiger charge is -2.16. The molecule has 2 aromatic rings. The maximum absolute atomic E-state index is 14.4. The number of benzene rings is 1. The van der Waals surface area contributed by atoms with Crippen molar-refractivity contribution >= 4 is 6.03 Å². The monoisotopic (exact) mass is 348 g/mol. The van der Waals surface area contributed by atoms with E-state index in [2.05, 4.69) is 15.7 Å². The summed E-state index contributed by atoms with van der Waals surface area (Å²) in [7, 11) is 0. The van der Waals surface area contributed by atoms with Gasteiger partial charge in [0.15, 0.2) is 0 Å². The van der Waals surface area contributed by atoms with Crippen LogP contribution in [0.5, 0.6) is 0 Å². The third kappa shape index (κ3) is 5.29. The summed E-state index contributed by atoms with van der Waals surface area (Å²) in [5, 5.41) is 19.0. The van der Waals surface area contributed by atoms with E-state index in [4.69, 9.17) is 0 Å². The SMILES string of the molecule is CCC(O)CCNC(=O)NC(C)c1ccc(-n2cc(C)cn2)c(F)c1. The molecule has 2 atom stereocenters. The van der Waals surface area contributed by atoms with Gasteiger partial charge in [0.25, 0.3) is 0 Å². The minimum absolute atomic E-state index is 0.344. The van der Waals surface area contributed by atoms with Crippen LogP contribution in [-0.4, -0.2) is 33.6 Å². The van der Waals surface area contributed by atoms with Crippen molar-refractivity contribution in [3.63, 3.8) is 0 Å². The van der Waals surface area contributed by atoms with Crippen molar-refractivity contribution in [2.45, 2.75) is 45.8 Å². The second-order valence-electron chi connectivity index (χ2n) is 6.15. The zero-order valence-electron chi connectivity index (χ0n) is 14.8. The first-order chi connectivity index (χ1) is 11.9. The fourth-order valence-electron chi connectivity index (χ4n) is 2.41. The minimum Gasteiger partial charge on any atom is -0.393 e. The van der Waals surface area contributed by atoms with Crippen LogP contribution in [-0.2, 0) is 0 Å². The fourth-order valence-corrected chi connectivity index (χ4v) is 2.41. The third-order valence-corrected chi connectivity index (χ3v) is 4.01. The van der Waals surface area contributed by atoms with Crippen LogP contribution in [0.25, 0.3) is 5.69 Å². The van der Waals surface area contributed by atoms with Crippen LogP contribution in [0.4, 0.5) is 9.18 Å². The van der Waals surface area contributed by atoms with E-state index in [0.717, 1.165) is 5.56 Å². The molecule has 0 spiro atoms. The molecule has 7 heteroatoms. The Bertz CT molecular complexity index is 717. The first-order valence-corrected chi connectivity index (χ1v) is 8.44. The summed E-state index contributed by atoms with van der Waals surface area (Å²) < 4.78 is 15.8. The van der Waals surface area contributed by atoms with Crippen molar-refractivity contribution in [3.05, 3.63) is 47.5 Å². The lowest BCUT2D eigenvalue weighted by Crippen LogP contribution is -2.38. The molecule has 136 valence electrons. The Morgan fingerprint density at radius 2 is 2.20 bits per heavy atom. The Kier molecular flexibility index (Phi) is 6.52. The number of nitrogens with one attached hydrogen (secondary N) is 2. The van der Waals surface area contributed by atoms with Crippen molar-refractivity contribution in [2.75, 3.05) is 6.54 Å². The summed E-state index contributed by atoms with van der Waals surface area (Å²) in [5.41, 5.74) is 1.97. The van der Waals surface area contributed by atoms with Crippen molar-refractivity contribution in [1.29, 1.82) is 0 Å². The molecule has 1 aromatic carbocycles. The second kappa shape index (κ2) is 8.62. The van der Waals surface area contributed by atoms with Gasteiger partial charge in [0.1, 0.15) is 11.5 Å². The molecule has 0 aliphatic rings. The van der Waals surface area contributed by atoms with Crippen LogP contribution >= 0.6 is 0 Å². The van der Waals surface area contributed by atoms with E-state index in [9.17, 15) is 14.3 Å². The van der Waals surface area contributed by atoms with Crippen molar-refractivity contribution < 1.29 is 14.3 Å².